The van der Waals surface area contributed by atoms with Crippen LogP contribution in [0.15, 0.2) is 24.3 Å². The van der Waals surface area contributed by atoms with Crippen LogP contribution < -0.4 is 4.74 Å². The van der Waals surface area contributed by atoms with Crippen molar-refractivity contribution in [3.8, 4) is 5.75 Å². The third-order valence-electron chi connectivity index (χ3n) is 6.41. The molecule has 8 heteroatoms. The molecule has 1 aromatic rings. The van der Waals surface area contributed by atoms with E-state index in [1.54, 1.807) is 38.3 Å². The molecule has 0 spiro atoms. The minimum atomic E-state index is -2.40. The van der Waals surface area contributed by atoms with Gasteiger partial charge in [-0.15, -0.1) is 0 Å². The third kappa shape index (κ3) is 4.03. The zero-order chi connectivity index (χ0) is 22.9. The maximum atomic E-state index is 13.2. The molecule has 2 rings (SSSR count). The van der Waals surface area contributed by atoms with Gasteiger partial charge in [-0.2, -0.15) is 0 Å². The van der Waals surface area contributed by atoms with E-state index in [9.17, 15) is 14.4 Å². The van der Waals surface area contributed by atoms with E-state index in [0.29, 0.717) is 12.0 Å². The summed E-state index contributed by atoms with van der Waals surface area (Å²) in [5, 5.41) is -0.163. The molecule has 1 saturated heterocycles. The van der Waals surface area contributed by atoms with Gasteiger partial charge >= 0.3 is 5.97 Å². The normalized spacial score (nSPS) is 24.7. The van der Waals surface area contributed by atoms with Gasteiger partial charge in [0.2, 0.25) is 11.4 Å². The molecule has 1 amide bonds. The number of hydrogen-bond donors (Lipinski definition) is 0. The van der Waals surface area contributed by atoms with Crippen molar-refractivity contribution in [1.29, 1.82) is 0 Å². The molecule has 0 N–H and O–H groups in total. The standard InChI is InChI=1S/C22H33NO6Si/c1-15-18(29-30(7,8)21(2,3)4)22(14-24,20(26)28-6)23(19(15)25)13-16-9-11-17(27-5)12-10-16/h9-12,14-15,18H,13H2,1-8H3/t15-,18+,22-/m1/s1. The number of nitrogens with zero attached hydrogens (tertiary/aromatic N) is 1. The first-order chi connectivity index (χ1) is 13.9. The van der Waals surface area contributed by atoms with Gasteiger partial charge in [0.25, 0.3) is 0 Å². The summed E-state index contributed by atoms with van der Waals surface area (Å²) in [6.45, 7) is 12.0. The lowest BCUT2D eigenvalue weighted by Crippen LogP contribution is -2.62. The maximum Gasteiger partial charge on any atom is 0.342 e. The number of likely N-dealkylation sites (tertiary alicyclic amines) is 1. The van der Waals surface area contributed by atoms with Crippen molar-refractivity contribution in [2.45, 2.75) is 64.0 Å². The summed E-state index contributed by atoms with van der Waals surface area (Å²) in [6, 6.07) is 7.13. The number of methoxy groups -OCH3 is 2. The molecular weight excluding hydrogens is 402 g/mol. The van der Waals surface area contributed by atoms with Crippen LogP contribution in [0.2, 0.25) is 18.1 Å². The van der Waals surface area contributed by atoms with Crippen molar-refractivity contribution in [2.24, 2.45) is 5.92 Å². The van der Waals surface area contributed by atoms with Crippen LogP contribution in [0.3, 0.4) is 0 Å². The number of aldehydes is 1. The fourth-order valence-electron chi connectivity index (χ4n) is 3.47. The topological polar surface area (TPSA) is 82.1 Å². The van der Waals surface area contributed by atoms with E-state index >= 15 is 0 Å². The Bertz CT molecular complexity index is 801. The van der Waals surface area contributed by atoms with E-state index in [1.165, 1.54) is 12.0 Å². The van der Waals surface area contributed by atoms with Crippen LogP contribution in [0.4, 0.5) is 0 Å². The molecule has 0 radical (unpaired) electrons. The highest BCUT2D eigenvalue weighted by atomic mass is 28.4. The van der Waals surface area contributed by atoms with E-state index in [2.05, 4.69) is 20.8 Å². The minimum absolute atomic E-state index is 0.0817. The maximum absolute atomic E-state index is 13.2. The predicted molar refractivity (Wildman–Crippen MR) is 116 cm³/mol. The lowest BCUT2D eigenvalue weighted by Gasteiger charge is -2.43. The summed E-state index contributed by atoms with van der Waals surface area (Å²) in [7, 11) is 0.385. The second-order valence-electron chi connectivity index (χ2n) is 9.29. The van der Waals surface area contributed by atoms with Crippen molar-refractivity contribution in [1.82, 2.24) is 4.90 Å². The Hall–Kier alpha value is -2.19. The highest BCUT2D eigenvalue weighted by Crippen LogP contribution is 2.44. The molecule has 1 fully saturated rings. The van der Waals surface area contributed by atoms with Gasteiger partial charge in [-0.3, -0.25) is 9.59 Å². The SMILES string of the molecule is COC(=O)[C@@]1(C=O)[C@@H](O[Si](C)(C)C(C)(C)C)[C@@H](C)C(=O)N1Cc1ccc(OC)cc1. The highest BCUT2D eigenvalue weighted by molar-refractivity contribution is 6.74. The van der Waals surface area contributed by atoms with Crippen LogP contribution in [-0.2, 0) is 30.1 Å². The number of amides is 1. The summed E-state index contributed by atoms with van der Waals surface area (Å²) in [5.41, 5.74) is -1.07. The van der Waals surface area contributed by atoms with Gasteiger partial charge in [-0.05, 0) is 35.8 Å². The second-order valence-corrected chi connectivity index (χ2v) is 14.1. The van der Waals surface area contributed by atoms with E-state index < -0.39 is 31.8 Å². The Morgan fingerprint density at radius 1 is 1.20 bits per heavy atom. The molecule has 30 heavy (non-hydrogen) atoms. The number of hydrogen-bond acceptors (Lipinski definition) is 6. The van der Waals surface area contributed by atoms with Gasteiger partial charge in [-0.25, -0.2) is 4.79 Å². The Morgan fingerprint density at radius 3 is 2.20 bits per heavy atom. The molecule has 166 valence electrons. The highest BCUT2D eigenvalue weighted by Gasteiger charge is 2.65. The van der Waals surface area contributed by atoms with Crippen LogP contribution in [0.1, 0.15) is 33.3 Å². The average Bonchev–Trinajstić information content (AvgIpc) is 2.89. The number of rotatable bonds is 7. The molecule has 1 aliphatic heterocycles. The number of esters is 1. The summed E-state index contributed by atoms with van der Waals surface area (Å²) >= 11 is 0. The summed E-state index contributed by atoms with van der Waals surface area (Å²) < 4.78 is 16.7. The van der Waals surface area contributed by atoms with Gasteiger partial charge in [0.1, 0.15) is 5.75 Å². The number of ether oxygens (including phenoxy) is 2. The predicted octanol–water partition coefficient (Wildman–Crippen LogP) is 3.17. The summed E-state index contributed by atoms with van der Waals surface area (Å²) in [4.78, 5) is 40.0. The summed E-state index contributed by atoms with van der Waals surface area (Å²) in [6.07, 6.45) is -0.407. The number of benzene rings is 1. The van der Waals surface area contributed by atoms with Crippen molar-refractivity contribution < 1.29 is 28.3 Å². The largest absolute Gasteiger partial charge is 0.497 e. The molecular formula is C22H33NO6Si. The van der Waals surface area contributed by atoms with E-state index in [4.69, 9.17) is 13.9 Å². The van der Waals surface area contributed by atoms with E-state index in [-0.39, 0.29) is 17.5 Å². The molecule has 7 nitrogen and oxygen atoms in total. The molecule has 0 aromatic heterocycles. The average molecular weight is 436 g/mol. The van der Waals surface area contributed by atoms with Crippen molar-refractivity contribution in [3.05, 3.63) is 29.8 Å². The van der Waals surface area contributed by atoms with Crippen molar-refractivity contribution in [3.63, 3.8) is 0 Å². The third-order valence-corrected chi connectivity index (χ3v) is 10.9. The fraction of sp³-hybridized carbons (Fsp3) is 0.591. The van der Waals surface area contributed by atoms with Gasteiger partial charge in [-0.1, -0.05) is 39.8 Å². The van der Waals surface area contributed by atoms with Crippen molar-refractivity contribution >= 4 is 26.5 Å². The van der Waals surface area contributed by atoms with Gasteiger partial charge in [0, 0.05) is 6.54 Å². The first kappa shape index (κ1) is 24.1. The molecule has 0 aliphatic carbocycles. The number of carbonyl (C=O) groups is 3. The monoisotopic (exact) mass is 435 g/mol. The van der Waals surface area contributed by atoms with Gasteiger partial charge in [0.05, 0.1) is 26.2 Å². The Balaban J connectivity index is 2.53. The molecule has 1 aliphatic rings. The molecule has 1 heterocycles. The molecule has 0 unspecified atom stereocenters. The Morgan fingerprint density at radius 2 is 1.77 bits per heavy atom. The fourth-order valence-corrected chi connectivity index (χ4v) is 4.84. The van der Waals surface area contributed by atoms with Crippen LogP contribution in [0.5, 0.6) is 5.75 Å². The van der Waals surface area contributed by atoms with Gasteiger partial charge < -0.3 is 18.8 Å². The van der Waals surface area contributed by atoms with E-state index in [0.717, 1.165) is 5.56 Å². The van der Waals surface area contributed by atoms with Gasteiger partial charge in [0.15, 0.2) is 14.6 Å². The van der Waals surface area contributed by atoms with Crippen LogP contribution in [-0.4, -0.2) is 57.2 Å². The molecule has 3 atom stereocenters. The Labute approximate surface area is 179 Å². The number of carbonyl (C=O) groups excluding carboxylic acids is 3. The van der Waals surface area contributed by atoms with Crippen molar-refractivity contribution in [2.75, 3.05) is 14.2 Å². The smallest absolute Gasteiger partial charge is 0.342 e. The summed E-state index contributed by atoms with van der Waals surface area (Å²) in [5.74, 6) is -1.09. The second kappa shape index (κ2) is 8.51. The van der Waals surface area contributed by atoms with E-state index in [1.807, 2.05) is 13.1 Å². The molecule has 1 aromatic carbocycles. The van der Waals surface area contributed by atoms with Crippen LogP contribution in [0.25, 0.3) is 0 Å². The Kier molecular flexibility index (Phi) is 6.83. The lowest BCUT2D eigenvalue weighted by atomic mass is 9.90. The molecule has 0 saturated carbocycles. The zero-order valence-electron chi connectivity index (χ0n) is 19.1. The first-order valence-corrected chi connectivity index (χ1v) is 12.9. The minimum Gasteiger partial charge on any atom is -0.497 e. The quantitative estimate of drug-likeness (QED) is 0.283. The zero-order valence-corrected chi connectivity index (χ0v) is 20.1. The first-order valence-electron chi connectivity index (χ1n) is 10.0. The van der Waals surface area contributed by atoms with Crippen LogP contribution >= 0.6 is 0 Å². The van der Waals surface area contributed by atoms with Crippen LogP contribution in [0, 0.1) is 5.92 Å². The lowest BCUT2D eigenvalue weighted by molar-refractivity contribution is -0.163. The molecule has 0 bridgehead atoms.